The molecule has 2 heterocycles. The molecule has 1 amide bonds. The molecule has 2 aromatic heterocycles. The van der Waals surface area contributed by atoms with E-state index >= 15 is 0 Å². The number of carbonyl (C=O) groups excluding carboxylic acids is 1. The van der Waals surface area contributed by atoms with Gasteiger partial charge in [-0.05, 0) is 31.2 Å². The smallest absolute Gasteiger partial charge is 0.281 e. The Kier molecular flexibility index (Phi) is 6.43. The molecule has 1 N–H and O–H groups in total. The van der Waals surface area contributed by atoms with Crippen molar-refractivity contribution in [3.8, 4) is 28.4 Å². The highest BCUT2D eigenvalue weighted by Crippen LogP contribution is 2.34. The molecule has 0 aliphatic carbocycles. The maximum atomic E-state index is 12.9. The van der Waals surface area contributed by atoms with Crippen LogP contribution in [0.4, 0.5) is 5.13 Å². The molecule has 4 aromatic rings. The normalized spacial score (nSPS) is 10.7. The average Bonchev–Trinajstić information content (AvgIpc) is 3.27. The van der Waals surface area contributed by atoms with Gasteiger partial charge >= 0.3 is 0 Å². The number of ether oxygens (including phenoxy) is 2. The molecule has 0 atom stereocenters. The summed E-state index contributed by atoms with van der Waals surface area (Å²) in [5.74, 6) is 0.573. The van der Waals surface area contributed by atoms with Gasteiger partial charge in [-0.25, -0.2) is 9.67 Å². The van der Waals surface area contributed by atoms with E-state index in [2.05, 4.69) is 15.4 Å². The molecule has 0 saturated carbocycles. The second-order valence-corrected chi connectivity index (χ2v) is 8.19. The first kappa shape index (κ1) is 22.5. The Morgan fingerprint density at radius 1 is 1.12 bits per heavy atom. The van der Waals surface area contributed by atoms with Gasteiger partial charge in [0.25, 0.3) is 5.91 Å². The quantitative estimate of drug-likeness (QED) is 0.432. The number of rotatable bonds is 6. The molecule has 0 radical (unpaired) electrons. The summed E-state index contributed by atoms with van der Waals surface area (Å²) < 4.78 is 12.1. The molecule has 0 aliphatic rings. The highest BCUT2D eigenvalue weighted by atomic mass is 35.5. The summed E-state index contributed by atoms with van der Waals surface area (Å²) in [6.07, 6.45) is 0. The van der Waals surface area contributed by atoms with Crippen molar-refractivity contribution in [1.29, 1.82) is 0 Å². The number of hydrogen-bond acceptors (Lipinski definition) is 7. The fourth-order valence-electron chi connectivity index (χ4n) is 3.19. The predicted octanol–water partition coefficient (Wildman–Crippen LogP) is 4.59. The summed E-state index contributed by atoms with van der Waals surface area (Å²) in [4.78, 5) is 29.8. The Balaban J connectivity index is 1.63. The molecular formula is C23H19ClN4O4S. The first-order valence-corrected chi connectivity index (χ1v) is 11.0. The minimum atomic E-state index is -0.664. The second-order valence-electron chi connectivity index (χ2n) is 6.92. The maximum absolute atomic E-state index is 12.9. The average molecular weight is 483 g/mol. The van der Waals surface area contributed by atoms with Gasteiger partial charge in [-0.2, -0.15) is 5.10 Å². The monoisotopic (exact) mass is 482 g/mol. The van der Waals surface area contributed by atoms with E-state index in [1.807, 2.05) is 6.07 Å². The van der Waals surface area contributed by atoms with E-state index in [4.69, 9.17) is 21.1 Å². The van der Waals surface area contributed by atoms with Crippen molar-refractivity contribution in [1.82, 2.24) is 14.8 Å². The molecule has 4 rings (SSSR count). The number of nitrogens with one attached hydrogen (secondary N) is 1. The first-order valence-electron chi connectivity index (χ1n) is 9.76. The lowest BCUT2D eigenvalue weighted by Gasteiger charge is -2.12. The first-order chi connectivity index (χ1) is 15.9. The van der Waals surface area contributed by atoms with Crippen LogP contribution >= 0.6 is 22.9 Å². The van der Waals surface area contributed by atoms with E-state index in [0.29, 0.717) is 38.7 Å². The lowest BCUT2D eigenvalue weighted by molar-refractivity contribution is 0.101. The lowest BCUT2D eigenvalue weighted by atomic mass is 10.1. The van der Waals surface area contributed by atoms with Gasteiger partial charge in [0.1, 0.15) is 11.5 Å². The van der Waals surface area contributed by atoms with E-state index in [0.717, 1.165) is 5.56 Å². The Bertz CT molecular complexity index is 1400. The van der Waals surface area contributed by atoms with Crippen LogP contribution in [-0.2, 0) is 0 Å². The minimum Gasteiger partial charge on any atom is -0.497 e. The van der Waals surface area contributed by atoms with Crippen LogP contribution in [-0.4, -0.2) is 34.9 Å². The number of amides is 1. The molecule has 168 valence electrons. The van der Waals surface area contributed by atoms with E-state index in [1.54, 1.807) is 62.9 Å². The zero-order valence-electron chi connectivity index (χ0n) is 18.0. The second kappa shape index (κ2) is 9.43. The van der Waals surface area contributed by atoms with Gasteiger partial charge in [-0.1, -0.05) is 23.7 Å². The maximum Gasteiger partial charge on any atom is 0.281 e. The summed E-state index contributed by atoms with van der Waals surface area (Å²) >= 11 is 7.49. The Hall–Kier alpha value is -3.69. The van der Waals surface area contributed by atoms with Crippen LogP contribution in [0.25, 0.3) is 16.9 Å². The fourth-order valence-corrected chi connectivity index (χ4v) is 4.11. The van der Waals surface area contributed by atoms with Crippen LogP contribution in [0.3, 0.4) is 0 Å². The number of anilines is 1. The van der Waals surface area contributed by atoms with Crippen LogP contribution in [0.15, 0.2) is 58.7 Å². The fraction of sp³-hybridized carbons (Fsp3) is 0.130. The molecule has 0 saturated heterocycles. The zero-order valence-corrected chi connectivity index (χ0v) is 19.5. The highest BCUT2D eigenvalue weighted by Gasteiger charge is 2.19. The van der Waals surface area contributed by atoms with Crippen LogP contribution in [0.5, 0.6) is 11.5 Å². The summed E-state index contributed by atoms with van der Waals surface area (Å²) in [6.45, 7) is 1.72. The molecule has 2 aromatic carbocycles. The van der Waals surface area contributed by atoms with E-state index in [9.17, 15) is 9.59 Å². The number of benzene rings is 2. The minimum absolute atomic E-state index is 0.265. The van der Waals surface area contributed by atoms with Gasteiger partial charge in [0, 0.05) is 28.8 Å². The molecule has 10 heteroatoms. The van der Waals surface area contributed by atoms with Gasteiger partial charge in [0.05, 0.1) is 30.6 Å². The number of aryl methyl sites for hydroxylation is 1. The molecule has 0 unspecified atom stereocenters. The number of nitrogens with zero attached hydrogens (tertiary/aromatic N) is 3. The van der Waals surface area contributed by atoms with Crippen LogP contribution in [0.1, 0.15) is 16.2 Å². The molecule has 0 aliphatic heterocycles. The topological polar surface area (TPSA) is 95.3 Å². The standard InChI is InChI=1S/C23H19ClN4O4S/c1-13-10-19(29)21(27-28(13)18-7-5-4-6-16(18)24)22(30)26-23-25-17(12-33-23)15-9-8-14(31-2)11-20(15)32-3/h4-12H,1-3H3,(H,25,26,30). The summed E-state index contributed by atoms with van der Waals surface area (Å²) in [7, 11) is 3.13. The number of methoxy groups -OCH3 is 2. The third-order valence-corrected chi connectivity index (χ3v) is 5.89. The summed E-state index contributed by atoms with van der Waals surface area (Å²) in [5, 5.41) is 9.46. The number of hydrogen-bond donors (Lipinski definition) is 1. The SMILES string of the molecule is COc1ccc(-c2csc(NC(=O)c3nn(-c4ccccc4Cl)c(C)cc3=O)n2)c(OC)c1. The third kappa shape index (κ3) is 4.59. The summed E-state index contributed by atoms with van der Waals surface area (Å²) in [5.41, 5.74) is 1.70. The van der Waals surface area contributed by atoms with Crippen molar-refractivity contribution in [2.45, 2.75) is 6.92 Å². The van der Waals surface area contributed by atoms with Gasteiger partial charge in [-0.3, -0.25) is 14.9 Å². The van der Waals surface area contributed by atoms with Crippen molar-refractivity contribution >= 4 is 34.0 Å². The molecule has 0 fully saturated rings. The predicted molar refractivity (Wildman–Crippen MR) is 128 cm³/mol. The number of aromatic nitrogens is 3. The van der Waals surface area contributed by atoms with Gasteiger partial charge in [-0.15, -0.1) is 11.3 Å². The van der Waals surface area contributed by atoms with Crippen molar-refractivity contribution in [2.24, 2.45) is 0 Å². The van der Waals surface area contributed by atoms with Crippen molar-refractivity contribution in [3.63, 3.8) is 0 Å². The molecule has 33 heavy (non-hydrogen) atoms. The summed E-state index contributed by atoms with van der Waals surface area (Å²) in [6, 6.07) is 13.8. The number of para-hydroxylation sites is 1. The Labute approximate surface area is 198 Å². The Morgan fingerprint density at radius 2 is 1.91 bits per heavy atom. The number of halogens is 1. The lowest BCUT2D eigenvalue weighted by Crippen LogP contribution is -2.27. The van der Waals surface area contributed by atoms with Crippen LogP contribution in [0, 0.1) is 6.92 Å². The molecule has 8 nitrogen and oxygen atoms in total. The van der Waals surface area contributed by atoms with Crippen molar-refractivity contribution in [3.05, 3.63) is 80.5 Å². The largest absolute Gasteiger partial charge is 0.497 e. The Morgan fingerprint density at radius 3 is 2.64 bits per heavy atom. The third-order valence-electron chi connectivity index (χ3n) is 4.81. The number of thiazole rings is 1. The van der Waals surface area contributed by atoms with Gasteiger partial charge in [0.2, 0.25) is 5.43 Å². The van der Waals surface area contributed by atoms with E-state index in [-0.39, 0.29) is 5.69 Å². The molecule has 0 spiro atoms. The number of carbonyl (C=O) groups is 1. The zero-order chi connectivity index (χ0) is 23.5. The van der Waals surface area contributed by atoms with Crippen LogP contribution in [0.2, 0.25) is 5.02 Å². The van der Waals surface area contributed by atoms with Gasteiger partial charge in [0.15, 0.2) is 10.8 Å². The molecular weight excluding hydrogens is 464 g/mol. The van der Waals surface area contributed by atoms with Crippen molar-refractivity contribution < 1.29 is 14.3 Å². The van der Waals surface area contributed by atoms with Crippen molar-refractivity contribution in [2.75, 3.05) is 19.5 Å². The van der Waals surface area contributed by atoms with Crippen LogP contribution < -0.4 is 20.2 Å². The molecule has 0 bridgehead atoms. The van der Waals surface area contributed by atoms with Gasteiger partial charge < -0.3 is 9.47 Å². The van der Waals surface area contributed by atoms with E-state index in [1.165, 1.54) is 22.1 Å². The highest BCUT2D eigenvalue weighted by molar-refractivity contribution is 7.14. The van der Waals surface area contributed by atoms with E-state index < -0.39 is 11.3 Å².